The highest BCUT2D eigenvalue weighted by molar-refractivity contribution is 7.99. The zero-order chi connectivity index (χ0) is 40.7. The normalized spacial score (nSPS) is 14.7. The van der Waals surface area contributed by atoms with E-state index in [0.29, 0.717) is 22.6 Å². The fourth-order valence-electron chi connectivity index (χ4n) is 7.68. The van der Waals surface area contributed by atoms with Gasteiger partial charge < -0.3 is 15.0 Å². The zero-order valence-corrected chi connectivity index (χ0v) is 34.5. The number of thioether (sulfide) groups is 1. The quantitative estimate of drug-likeness (QED) is 0.0551. The third-order valence-electron chi connectivity index (χ3n) is 10.7. The van der Waals surface area contributed by atoms with Gasteiger partial charge in [0.25, 0.3) is 15.7 Å². The average Bonchev–Trinajstić information content (AvgIpc) is 3.23. The highest BCUT2D eigenvalue weighted by atomic mass is 32.2. The number of nitrogens with one attached hydrogen (secondary N) is 2. The molecule has 1 fully saturated rings. The molecule has 0 amide bonds. The number of rotatable bonds is 16. The van der Waals surface area contributed by atoms with Crippen molar-refractivity contribution in [3.8, 4) is 11.1 Å². The lowest BCUT2D eigenvalue weighted by Gasteiger charge is -2.42. The van der Waals surface area contributed by atoms with Crippen molar-refractivity contribution in [1.82, 2.24) is 9.97 Å². The molecule has 13 heteroatoms. The summed E-state index contributed by atoms with van der Waals surface area (Å²) < 4.78 is 36.3. The van der Waals surface area contributed by atoms with Crippen molar-refractivity contribution >= 4 is 55.6 Å². The number of piperidine rings is 1. The summed E-state index contributed by atoms with van der Waals surface area (Å²) in [5.41, 5.74) is 4.83. The molecule has 0 spiro atoms. The van der Waals surface area contributed by atoms with Crippen LogP contribution in [0.2, 0.25) is 0 Å². The first-order valence-electron chi connectivity index (χ1n) is 19.5. The third-order valence-corrected chi connectivity index (χ3v) is 13.2. The Balaban J connectivity index is 1.05. The molecule has 300 valence electrons. The van der Waals surface area contributed by atoms with Crippen LogP contribution >= 0.6 is 11.8 Å². The van der Waals surface area contributed by atoms with E-state index >= 15 is 0 Å². The Labute approximate surface area is 344 Å². The molecule has 0 radical (unpaired) electrons. The van der Waals surface area contributed by atoms with Crippen LogP contribution in [0, 0.1) is 16.0 Å². The Morgan fingerprint density at radius 2 is 1.60 bits per heavy atom. The van der Waals surface area contributed by atoms with Crippen LogP contribution in [0.15, 0.2) is 137 Å². The lowest BCUT2D eigenvalue weighted by molar-refractivity contribution is -0.384. The molecule has 1 aliphatic rings. The summed E-state index contributed by atoms with van der Waals surface area (Å²) in [6.07, 6.45) is 4.54. The van der Waals surface area contributed by atoms with E-state index in [-0.39, 0.29) is 33.7 Å². The Morgan fingerprint density at radius 3 is 2.31 bits per heavy atom. The lowest BCUT2D eigenvalue weighted by Crippen LogP contribution is -2.47. The molecule has 0 aliphatic carbocycles. The molecule has 5 aromatic carbocycles. The number of fused-ring (bicyclic) bond motifs is 1. The van der Waals surface area contributed by atoms with Gasteiger partial charge in [-0.25, -0.2) is 18.4 Å². The minimum Gasteiger partial charge on any atom is -0.378 e. The molecule has 1 saturated heterocycles. The Bertz CT molecular complexity index is 2460. The van der Waals surface area contributed by atoms with E-state index in [1.54, 1.807) is 18.9 Å². The zero-order valence-electron chi connectivity index (χ0n) is 32.9. The first kappa shape index (κ1) is 40.7. The Morgan fingerprint density at radius 1 is 0.897 bits per heavy atom. The number of aromatic nitrogens is 2. The second-order valence-electron chi connectivity index (χ2n) is 15.1. The molecule has 58 heavy (non-hydrogen) atoms. The molecule has 1 atom stereocenters. The standard InChI is InChI=1S/C45H48N6O5S2/c1-32(2)26-35(30-57-37-15-8-5-9-16-37)48-41-21-19-38(28-43(41)51(52)53)58(54,55)49-44-40-20-18-36(27-42(40)46-31-47-44)50-24-22-45(56-3,23-25-50)29-34-14-10-11-17-39(34)33-12-6-4-7-13-33/h4-21,27-28,31-32,35,48H,22-26,29-30H2,1-3H3,(H,46,47,49)/t35-/m0/s1. The smallest absolute Gasteiger partial charge is 0.293 e. The van der Waals surface area contributed by atoms with Crippen LogP contribution in [0.4, 0.5) is 22.9 Å². The van der Waals surface area contributed by atoms with E-state index in [9.17, 15) is 18.5 Å². The number of hydrogen-bond acceptors (Lipinski definition) is 10. The second kappa shape index (κ2) is 18.0. The molecule has 11 nitrogen and oxygen atoms in total. The second-order valence-corrected chi connectivity index (χ2v) is 17.9. The number of hydrogen-bond donors (Lipinski definition) is 2. The minimum absolute atomic E-state index is 0.0864. The molecule has 1 aliphatic heterocycles. The maximum atomic E-state index is 13.8. The molecular formula is C45H48N6O5S2. The summed E-state index contributed by atoms with van der Waals surface area (Å²) in [5, 5.41) is 16.1. The summed E-state index contributed by atoms with van der Waals surface area (Å²) >= 11 is 1.66. The van der Waals surface area contributed by atoms with Crippen LogP contribution in [0.1, 0.15) is 38.7 Å². The number of benzene rings is 5. The van der Waals surface area contributed by atoms with Crippen LogP contribution in [0.25, 0.3) is 22.0 Å². The summed E-state index contributed by atoms with van der Waals surface area (Å²) in [4.78, 5) is 23.6. The van der Waals surface area contributed by atoms with E-state index < -0.39 is 14.9 Å². The molecule has 7 rings (SSSR count). The molecule has 0 unspecified atom stereocenters. The summed E-state index contributed by atoms with van der Waals surface area (Å²) in [6, 6.07) is 38.5. The van der Waals surface area contributed by atoms with Gasteiger partial charge in [-0.3, -0.25) is 14.8 Å². The number of nitro groups is 1. The van der Waals surface area contributed by atoms with Gasteiger partial charge in [-0.1, -0.05) is 86.6 Å². The van der Waals surface area contributed by atoms with Gasteiger partial charge in [0.1, 0.15) is 12.0 Å². The molecule has 2 N–H and O–H groups in total. The van der Waals surface area contributed by atoms with Gasteiger partial charge >= 0.3 is 0 Å². The SMILES string of the molecule is COC1(Cc2ccccc2-c2ccccc2)CCN(c2ccc3c(NS(=O)(=O)c4ccc(N[C@H](CSc5ccccc5)CC(C)C)c([N+](=O)[O-])c4)ncnc3c2)CC1. The summed E-state index contributed by atoms with van der Waals surface area (Å²) in [5.74, 6) is 1.11. The molecule has 0 saturated carbocycles. The van der Waals surface area contributed by atoms with E-state index in [1.165, 1.54) is 35.2 Å². The van der Waals surface area contributed by atoms with Crippen molar-refractivity contribution in [1.29, 1.82) is 0 Å². The molecule has 6 aromatic rings. The maximum absolute atomic E-state index is 13.8. The first-order valence-corrected chi connectivity index (χ1v) is 21.9. The maximum Gasteiger partial charge on any atom is 0.293 e. The van der Waals surface area contributed by atoms with Crippen molar-refractivity contribution in [3.63, 3.8) is 0 Å². The monoisotopic (exact) mass is 816 g/mol. The van der Waals surface area contributed by atoms with Gasteiger partial charge in [0.15, 0.2) is 5.82 Å². The number of sulfonamides is 1. The molecule has 2 heterocycles. The van der Waals surface area contributed by atoms with E-state index in [4.69, 9.17) is 4.74 Å². The van der Waals surface area contributed by atoms with Crippen molar-refractivity contribution < 1.29 is 18.1 Å². The topological polar surface area (TPSA) is 140 Å². The number of nitrogens with zero attached hydrogens (tertiary/aromatic N) is 4. The van der Waals surface area contributed by atoms with E-state index in [1.807, 2.05) is 54.6 Å². The van der Waals surface area contributed by atoms with Crippen LogP contribution in [0.5, 0.6) is 0 Å². The fraction of sp³-hybridized carbons (Fsp3) is 0.289. The summed E-state index contributed by atoms with van der Waals surface area (Å²) in [7, 11) is -2.46. The van der Waals surface area contributed by atoms with Crippen molar-refractivity contribution in [3.05, 3.63) is 143 Å². The van der Waals surface area contributed by atoms with Gasteiger partial charge in [-0.2, -0.15) is 0 Å². The lowest BCUT2D eigenvalue weighted by atomic mass is 9.82. The predicted octanol–water partition coefficient (Wildman–Crippen LogP) is 9.85. The predicted molar refractivity (Wildman–Crippen MR) is 234 cm³/mol. The van der Waals surface area contributed by atoms with Crippen molar-refractivity contribution in [2.75, 3.05) is 40.9 Å². The largest absolute Gasteiger partial charge is 0.378 e. The number of anilines is 3. The van der Waals surface area contributed by atoms with E-state index in [0.717, 1.165) is 55.4 Å². The van der Waals surface area contributed by atoms with Crippen LogP contribution in [0.3, 0.4) is 0 Å². The van der Waals surface area contributed by atoms with Gasteiger partial charge in [0.2, 0.25) is 0 Å². The van der Waals surface area contributed by atoms with Crippen LogP contribution in [-0.2, 0) is 21.2 Å². The van der Waals surface area contributed by atoms with Crippen LogP contribution in [-0.4, -0.2) is 60.9 Å². The average molecular weight is 817 g/mol. The fourth-order valence-corrected chi connectivity index (χ4v) is 9.69. The van der Waals surface area contributed by atoms with Gasteiger partial charge in [0.05, 0.1) is 20.9 Å². The third kappa shape index (κ3) is 9.61. The number of methoxy groups -OCH3 is 1. The van der Waals surface area contributed by atoms with Gasteiger partial charge in [-0.15, -0.1) is 11.8 Å². The van der Waals surface area contributed by atoms with Crippen LogP contribution < -0.4 is 14.9 Å². The Hall–Kier alpha value is -5.50. The minimum atomic E-state index is -4.27. The van der Waals surface area contributed by atoms with Gasteiger partial charge in [0, 0.05) is 60.5 Å². The number of nitro benzene ring substituents is 1. The molecule has 1 aromatic heterocycles. The van der Waals surface area contributed by atoms with Crippen molar-refractivity contribution in [2.45, 2.75) is 61.0 Å². The van der Waals surface area contributed by atoms with E-state index in [2.05, 4.69) is 87.3 Å². The number of ether oxygens (including phenoxy) is 1. The first-order chi connectivity index (χ1) is 28.0. The van der Waals surface area contributed by atoms with Gasteiger partial charge in [-0.05, 0) is 84.3 Å². The summed E-state index contributed by atoms with van der Waals surface area (Å²) in [6.45, 7) is 5.74. The van der Waals surface area contributed by atoms with Crippen molar-refractivity contribution in [2.24, 2.45) is 5.92 Å². The molecule has 0 bridgehead atoms. The highest BCUT2D eigenvalue weighted by Gasteiger charge is 2.36. The molecular weight excluding hydrogens is 769 g/mol. The Kier molecular flexibility index (Phi) is 12.6. The highest BCUT2D eigenvalue weighted by Crippen LogP contribution is 2.37.